The number of rotatable bonds is 4. The Bertz CT molecular complexity index is 961. The van der Waals surface area contributed by atoms with Crippen molar-refractivity contribution in [3.8, 4) is 0 Å². The Balaban J connectivity index is 2.01. The summed E-state index contributed by atoms with van der Waals surface area (Å²) in [6, 6.07) is 5.31. The molecule has 2 aromatic rings. The van der Waals surface area contributed by atoms with Gasteiger partial charge in [0.1, 0.15) is 11.6 Å². The molecule has 3 rings (SSSR count). The summed E-state index contributed by atoms with van der Waals surface area (Å²) >= 11 is 0. The monoisotopic (exact) mass is 367 g/mol. The van der Waals surface area contributed by atoms with Gasteiger partial charge in [-0.25, -0.2) is 17.2 Å². The molecule has 0 unspecified atom stereocenters. The molecule has 0 radical (unpaired) electrons. The fourth-order valence-electron chi connectivity index (χ4n) is 2.62. The molecule has 132 valence electrons. The molecule has 25 heavy (non-hydrogen) atoms. The molecule has 0 saturated heterocycles. The first-order valence-electron chi connectivity index (χ1n) is 7.42. The van der Waals surface area contributed by atoms with Gasteiger partial charge in [0.15, 0.2) is 0 Å². The molecule has 0 aliphatic carbocycles. The molecule has 0 fully saturated rings. The van der Waals surface area contributed by atoms with E-state index >= 15 is 0 Å². The maximum absolute atomic E-state index is 13.7. The van der Waals surface area contributed by atoms with Crippen LogP contribution in [-0.4, -0.2) is 20.9 Å². The summed E-state index contributed by atoms with van der Waals surface area (Å²) in [4.78, 5) is 11.2. The van der Waals surface area contributed by atoms with Crippen LogP contribution in [0, 0.1) is 11.6 Å². The predicted molar refractivity (Wildman–Crippen MR) is 90.1 cm³/mol. The Labute approximate surface area is 143 Å². The van der Waals surface area contributed by atoms with Crippen LogP contribution in [0.5, 0.6) is 0 Å². The minimum absolute atomic E-state index is 0.123. The van der Waals surface area contributed by atoms with Crippen molar-refractivity contribution >= 4 is 33.0 Å². The highest BCUT2D eigenvalue weighted by molar-refractivity contribution is 7.92. The van der Waals surface area contributed by atoms with Crippen molar-refractivity contribution in [2.45, 2.75) is 18.2 Å². The van der Waals surface area contributed by atoms with Gasteiger partial charge in [-0.3, -0.25) is 9.52 Å². The normalized spacial score (nSPS) is 13.1. The second-order valence-corrected chi connectivity index (χ2v) is 7.27. The van der Waals surface area contributed by atoms with Crippen LogP contribution in [0.1, 0.15) is 12.5 Å². The van der Waals surface area contributed by atoms with E-state index in [0.717, 1.165) is 17.7 Å². The highest BCUT2D eigenvalue weighted by Crippen LogP contribution is 2.34. The molecular formula is C16H15F2N3O3S. The van der Waals surface area contributed by atoms with Gasteiger partial charge in [-0.15, -0.1) is 0 Å². The van der Waals surface area contributed by atoms with Crippen molar-refractivity contribution in [2.24, 2.45) is 0 Å². The average Bonchev–Trinajstić information content (AvgIpc) is 2.98. The lowest BCUT2D eigenvalue weighted by molar-refractivity contribution is -0.114. The smallest absolute Gasteiger partial charge is 0.262 e. The van der Waals surface area contributed by atoms with Gasteiger partial charge in [0.05, 0.1) is 22.0 Å². The highest BCUT2D eigenvalue weighted by Gasteiger charge is 2.23. The molecule has 1 aliphatic heterocycles. The molecule has 2 aromatic carbocycles. The number of benzene rings is 2. The van der Waals surface area contributed by atoms with E-state index in [1.165, 1.54) is 19.1 Å². The first-order valence-corrected chi connectivity index (χ1v) is 8.91. The van der Waals surface area contributed by atoms with Gasteiger partial charge in [0.2, 0.25) is 5.91 Å². The van der Waals surface area contributed by atoms with E-state index in [-0.39, 0.29) is 16.5 Å². The van der Waals surface area contributed by atoms with Gasteiger partial charge in [0.25, 0.3) is 10.0 Å². The summed E-state index contributed by atoms with van der Waals surface area (Å²) in [6.07, 6.45) is 0.593. The van der Waals surface area contributed by atoms with Crippen molar-refractivity contribution in [3.63, 3.8) is 0 Å². The molecule has 3 N–H and O–H groups in total. The molecule has 0 bridgehead atoms. The van der Waals surface area contributed by atoms with Gasteiger partial charge in [0, 0.05) is 19.5 Å². The van der Waals surface area contributed by atoms with Gasteiger partial charge in [-0.05, 0) is 36.2 Å². The molecule has 1 amide bonds. The minimum Gasteiger partial charge on any atom is -0.383 e. The Morgan fingerprint density at radius 1 is 1.16 bits per heavy atom. The third-order valence-corrected chi connectivity index (χ3v) is 5.03. The molecule has 0 saturated carbocycles. The van der Waals surface area contributed by atoms with E-state index in [1.54, 1.807) is 0 Å². The number of sulfonamides is 1. The summed E-state index contributed by atoms with van der Waals surface area (Å²) in [5.41, 5.74) is 1.37. The number of carbonyl (C=O) groups excluding carboxylic acids is 1. The SMILES string of the molecule is CC(=O)Nc1cc(S(=O)(=O)Nc2ccc(F)cc2F)cc2c1NCC2. The van der Waals surface area contributed by atoms with Crippen LogP contribution in [-0.2, 0) is 21.2 Å². The zero-order valence-electron chi connectivity index (χ0n) is 13.2. The van der Waals surface area contributed by atoms with Crippen molar-refractivity contribution in [2.75, 3.05) is 21.9 Å². The van der Waals surface area contributed by atoms with Crippen molar-refractivity contribution < 1.29 is 22.0 Å². The van der Waals surface area contributed by atoms with Crippen LogP contribution in [0.15, 0.2) is 35.2 Å². The lowest BCUT2D eigenvalue weighted by atomic mass is 10.1. The summed E-state index contributed by atoms with van der Waals surface area (Å²) in [7, 11) is -4.12. The largest absolute Gasteiger partial charge is 0.383 e. The zero-order valence-corrected chi connectivity index (χ0v) is 14.0. The van der Waals surface area contributed by atoms with Gasteiger partial charge in [-0.2, -0.15) is 0 Å². The number of fused-ring (bicyclic) bond motifs is 1. The van der Waals surface area contributed by atoms with Crippen LogP contribution < -0.4 is 15.4 Å². The second kappa shape index (κ2) is 6.32. The average molecular weight is 367 g/mol. The number of anilines is 3. The Morgan fingerprint density at radius 2 is 1.92 bits per heavy atom. The zero-order chi connectivity index (χ0) is 18.2. The van der Waals surface area contributed by atoms with Gasteiger partial charge in [-0.1, -0.05) is 0 Å². The Morgan fingerprint density at radius 3 is 2.60 bits per heavy atom. The standard InChI is InChI=1S/C16H15F2N3O3S/c1-9(22)20-15-8-12(6-10-4-5-19-16(10)15)25(23,24)21-14-3-2-11(17)7-13(14)18/h2-3,6-8,19,21H,4-5H2,1H3,(H,20,22). The fraction of sp³-hybridized carbons (Fsp3) is 0.188. The molecule has 1 heterocycles. The summed E-state index contributed by atoms with van der Waals surface area (Å²) in [6.45, 7) is 1.93. The van der Waals surface area contributed by atoms with E-state index in [2.05, 4.69) is 15.4 Å². The molecule has 9 heteroatoms. The molecule has 0 atom stereocenters. The highest BCUT2D eigenvalue weighted by atomic mass is 32.2. The third kappa shape index (κ3) is 3.55. The van der Waals surface area contributed by atoms with Crippen molar-refractivity contribution in [3.05, 3.63) is 47.5 Å². The Kier molecular flexibility index (Phi) is 4.34. The van der Waals surface area contributed by atoms with Crippen LogP contribution in [0.4, 0.5) is 25.8 Å². The topological polar surface area (TPSA) is 87.3 Å². The molecule has 1 aliphatic rings. The number of nitrogens with one attached hydrogen (secondary N) is 3. The number of amides is 1. The van der Waals surface area contributed by atoms with E-state index in [9.17, 15) is 22.0 Å². The lowest BCUT2D eigenvalue weighted by Crippen LogP contribution is -2.15. The third-order valence-electron chi connectivity index (χ3n) is 3.69. The number of hydrogen-bond acceptors (Lipinski definition) is 4. The van der Waals surface area contributed by atoms with E-state index in [4.69, 9.17) is 0 Å². The summed E-state index contributed by atoms with van der Waals surface area (Å²) in [5.74, 6) is -2.17. The maximum Gasteiger partial charge on any atom is 0.262 e. The molecule has 0 aromatic heterocycles. The van der Waals surface area contributed by atoms with Gasteiger partial charge >= 0.3 is 0 Å². The minimum atomic E-state index is -4.12. The van der Waals surface area contributed by atoms with Gasteiger partial charge < -0.3 is 10.6 Å². The van der Waals surface area contributed by atoms with Crippen LogP contribution in [0.25, 0.3) is 0 Å². The molecule has 0 spiro atoms. The molecule has 6 nitrogen and oxygen atoms in total. The predicted octanol–water partition coefficient (Wildman–Crippen LogP) is 2.69. The van der Waals surface area contributed by atoms with Crippen LogP contribution in [0.3, 0.4) is 0 Å². The van der Waals surface area contributed by atoms with E-state index < -0.39 is 21.7 Å². The maximum atomic E-state index is 13.7. The van der Waals surface area contributed by atoms with Crippen LogP contribution >= 0.6 is 0 Å². The van der Waals surface area contributed by atoms with Crippen molar-refractivity contribution in [1.29, 1.82) is 0 Å². The first kappa shape index (κ1) is 17.2. The molecular weight excluding hydrogens is 352 g/mol. The summed E-state index contributed by atoms with van der Waals surface area (Å²) in [5, 5.41) is 5.67. The van der Waals surface area contributed by atoms with E-state index in [0.29, 0.717) is 30.4 Å². The number of hydrogen-bond donors (Lipinski definition) is 3. The van der Waals surface area contributed by atoms with E-state index in [1.807, 2.05) is 0 Å². The number of carbonyl (C=O) groups is 1. The second-order valence-electron chi connectivity index (χ2n) is 5.59. The first-order chi connectivity index (χ1) is 11.8. The lowest BCUT2D eigenvalue weighted by Gasteiger charge is -2.14. The van der Waals surface area contributed by atoms with Crippen LogP contribution in [0.2, 0.25) is 0 Å². The Hall–Kier alpha value is -2.68. The number of halogens is 2. The van der Waals surface area contributed by atoms with Crippen molar-refractivity contribution in [1.82, 2.24) is 0 Å². The summed E-state index contributed by atoms with van der Waals surface area (Å²) < 4.78 is 53.9. The fourth-order valence-corrected chi connectivity index (χ4v) is 3.76. The quantitative estimate of drug-likeness (QED) is 0.775.